The first-order valence-corrected chi connectivity index (χ1v) is 11.7. The number of carbonyl (C=O) groups excluding carboxylic acids is 2. The minimum absolute atomic E-state index is 0.101. The Labute approximate surface area is 204 Å². The molecule has 35 heavy (non-hydrogen) atoms. The Kier molecular flexibility index (Phi) is 5.47. The summed E-state index contributed by atoms with van der Waals surface area (Å²) in [7, 11) is 1.49. The number of rotatable bonds is 6. The van der Waals surface area contributed by atoms with Gasteiger partial charge in [-0.05, 0) is 43.7 Å². The van der Waals surface area contributed by atoms with E-state index >= 15 is 0 Å². The SMILES string of the molecule is COc1ccc(/C=c2\sc3n(c2=O)[C@H]2c4ccccc4O[C@@](C)(N=3)[C@@H]2C(C)=O)cc1OCC(N)=O. The van der Waals surface area contributed by atoms with E-state index in [-0.39, 0.29) is 17.9 Å². The standard InChI is InChI=1S/C25H23N3O6S/c1-13(29)21-22-15-6-4-5-7-16(15)34-25(21,2)27-24-28(22)23(31)19(35-24)11-14-8-9-17(32-3)18(10-14)33-12-20(26)30/h4-11,21-22H,12H2,1-3H3,(H2,26,30)/b19-11-/t21-,22+,25-/m1/s1. The Hall–Kier alpha value is -3.92. The van der Waals surface area contributed by atoms with E-state index in [0.29, 0.717) is 32.1 Å². The van der Waals surface area contributed by atoms with Gasteiger partial charge in [0, 0.05) is 5.56 Å². The lowest BCUT2D eigenvalue weighted by atomic mass is 9.79. The average Bonchev–Trinajstić information content (AvgIpc) is 3.10. The summed E-state index contributed by atoms with van der Waals surface area (Å²) in [6.45, 7) is 2.98. The van der Waals surface area contributed by atoms with Crippen LogP contribution in [0.25, 0.3) is 6.08 Å². The number of methoxy groups -OCH3 is 1. The molecule has 0 unspecified atom stereocenters. The smallest absolute Gasteiger partial charge is 0.270 e. The Balaban J connectivity index is 1.67. The quantitative estimate of drug-likeness (QED) is 0.550. The Morgan fingerprint density at radius 2 is 2.03 bits per heavy atom. The van der Waals surface area contributed by atoms with Gasteiger partial charge in [-0.25, -0.2) is 4.99 Å². The van der Waals surface area contributed by atoms with Gasteiger partial charge in [-0.2, -0.15) is 0 Å². The number of para-hydroxylation sites is 1. The van der Waals surface area contributed by atoms with Gasteiger partial charge in [-0.15, -0.1) is 0 Å². The molecule has 2 aliphatic heterocycles. The third-order valence-electron chi connectivity index (χ3n) is 6.17. The molecule has 0 saturated heterocycles. The van der Waals surface area contributed by atoms with Crippen LogP contribution in [0.4, 0.5) is 0 Å². The van der Waals surface area contributed by atoms with Crippen molar-refractivity contribution < 1.29 is 23.8 Å². The lowest BCUT2D eigenvalue weighted by molar-refractivity contribution is -0.132. The maximum Gasteiger partial charge on any atom is 0.270 e. The van der Waals surface area contributed by atoms with Gasteiger partial charge in [-0.3, -0.25) is 19.0 Å². The average molecular weight is 494 g/mol. The number of carbonyl (C=O) groups is 2. The molecule has 3 heterocycles. The molecule has 2 aromatic carbocycles. The molecule has 0 fully saturated rings. The van der Waals surface area contributed by atoms with Gasteiger partial charge in [0.25, 0.3) is 11.5 Å². The van der Waals surface area contributed by atoms with Crippen molar-refractivity contribution in [3.8, 4) is 17.2 Å². The zero-order valence-electron chi connectivity index (χ0n) is 19.3. The second-order valence-corrected chi connectivity index (χ2v) is 9.58. The van der Waals surface area contributed by atoms with Crippen molar-refractivity contribution >= 4 is 29.1 Å². The lowest BCUT2D eigenvalue weighted by Gasteiger charge is -2.45. The summed E-state index contributed by atoms with van der Waals surface area (Å²) in [5, 5.41) is 0. The predicted octanol–water partition coefficient (Wildman–Crippen LogP) is 1.15. The molecule has 3 aromatic rings. The number of aromatic nitrogens is 1. The maximum atomic E-state index is 13.6. The Morgan fingerprint density at radius 1 is 1.26 bits per heavy atom. The van der Waals surface area contributed by atoms with E-state index in [1.165, 1.54) is 25.4 Å². The number of hydrogen-bond donors (Lipinski definition) is 1. The molecule has 2 N–H and O–H groups in total. The maximum absolute atomic E-state index is 13.6. The second kappa shape index (κ2) is 8.38. The van der Waals surface area contributed by atoms with Crippen LogP contribution < -0.4 is 34.8 Å². The first-order valence-electron chi connectivity index (χ1n) is 10.9. The zero-order valence-corrected chi connectivity index (χ0v) is 20.1. The Bertz CT molecular complexity index is 1540. The number of Topliss-reactive ketones (excluding diaryl/α,β-unsaturated/α-hetero) is 1. The van der Waals surface area contributed by atoms with E-state index in [1.807, 2.05) is 24.3 Å². The molecule has 2 bridgehead atoms. The van der Waals surface area contributed by atoms with E-state index in [1.54, 1.807) is 35.8 Å². The van der Waals surface area contributed by atoms with Crippen molar-refractivity contribution in [3.63, 3.8) is 0 Å². The van der Waals surface area contributed by atoms with Crippen molar-refractivity contribution in [2.45, 2.75) is 25.6 Å². The summed E-state index contributed by atoms with van der Waals surface area (Å²) in [4.78, 5) is 42.7. The second-order valence-electron chi connectivity index (χ2n) is 8.57. The zero-order chi connectivity index (χ0) is 24.9. The number of primary amides is 1. The summed E-state index contributed by atoms with van der Waals surface area (Å²) in [6.07, 6.45) is 1.71. The number of amides is 1. The molecule has 10 heteroatoms. The fourth-order valence-corrected chi connectivity index (χ4v) is 5.85. The number of ketones is 1. The van der Waals surface area contributed by atoms with Gasteiger partial charge in [0.1, 0.15) is 17.5 Å². The van der Waals surface area contributed by atoms with Crippen LogP contribution in [-0.2, 0) is 9.59 Å². The highest BCUT2D eigenvalue weighted by Crippen LogP contribution is 2.47. The fraction of sp³-hybridized carbons (Fsp3) is 0.280. The molecule has 5 rings (SSSR count). The lowest BCUT2D eigenvalue weighted by Crippen LogP contribution is -2.58. The first-order chi connectivity index (χ1) is 16.7. The molecule has 3 atom stereocenters. The van der Waals surface area contributed by atoms with Crippen LogP contribution >= 0.6 is 11.3 Å². The van der Waals surface area contributed by atoms with Gasteiger partial charge in [0.05, 0.1) is 17.7 Å². The first kappa shape index (κ1) is 22.9. The molecule has 0 radical (unpaired) electrons. The van der Waals surface area contributed by atoms with Crippen LogP contribution in [0.3, 0.4) is 0 Å². The van der Waals surface area contributed by atoms with E-state index in [0.717, 1.165) is 5.56 Å². The minimum Gasteiger partial charge on any atom is -0.493 e. The molecule has 2 aliphatic rings. The van der Waals surface area contributed by atoms with E-state index in [2.05, 4.69) is 0 Å². The summed E-state index contributed by atoms with van der Waals surface area (Å²) in [5.74, 6) is 0.0152. The highest BCUT2D eigenvalue weighted by atomic mass is 32.1. The molecule has 1 aromatic heterocycles. The number of nitrogens with two attached hydrogens (primary N) is 1. The molecule has 0 aliphatic carbocycles. The summed E-state index contributed by atoms with van der Waals surface area (Å²) in [5.41, 5.74) is 5.26. The number of ether oxygens (including phenoxy) is 3. The third kappa shape index (κ3) is 3.79. The fourth-order valence-electron chi connectivity index (χ4n) is 4.75. The van der Waals surface area contributed by atoms with Crippen molar-refractivity contribution in [1.82, 2.24) is 4.57 Å². The van der Waals surface area contributed by atoms with Gasteiger partial charge >= 0.3 is 0 Å². The van der Waals surface area contributed by atoms with E-state index in [4.69, 9.17) is 24.9 Å². The number of fused-ring (bicyclic) bond motifs is 6. The molecular weight excluding hydrogens is 470 g/mol. The monoisotopic (exact) mass is 493 g/mol. The number of nitrogens with zero attached hydrogens (tertiary/aromatic N) is 2. The molecule has 0 spiro atoms. The number of thiazole rings is 1. The van der Waals surface area contributed by atoms with Gasteiger partial charge in [0.2, 0.25) is 5.72 Å². The van der Waals surface area contributed by atoms with Crippen LogP contribution in [0.15, 0.2) is 52.3 Å². The van der Waals surface area contributed by atoms with E-state index < -0.39 is 23.6 Å². The summed E-state index contributed by atoms with van der Waals surface area (Å²) in [6, 6.07) is 12.0. The van der Waals surface area contributed by atoms with Crippen LogP contribution in [0, 0.1) is 5.92 Å². The van der Waals surface area contributed by atoms with Crippen molar-refractivity contribution in [2.24, 2.45) is 16.6 Å². The molecular formula is C25H23N3O6S. The highest BCUT2D eigenvalue weighted by Gasteiger charge is 2.53. The van der Waals surface area contributed by atoms with Gasteiger partial charge in [-0.1, -0.05) is 35.6 Å². The molecule has 1 amide bonds. The number of hydrogen-bond acceptors (Lipinski definition) is 8. The molecule has 0 saturated carbocycles. The van der Waals surface area contributed by atoms with Crippen molar-refractivity contribution in [2.75, 3.05) is 13.7 Å². The van der Waals surface area contributed by atoms with Gasteiger partial charge < -0.3 is 19.9 Å². The summed E-state index contributed by atoms with van der Waals surface area (Å²) < 4.78 is 19.0. The van der Waals surface area contributed by atoms with Crippen molar-refractivity contribution in [1.29, 1.82) is 0 Å². The van der Waals surface area contributed by atoms with Crippen LogP contribution in [0.5, 0.6) is 17.2 Å². The van der Waals surface area contributed by atoms with Crippen LogP contribution in [0.1, 0.15) is 31.0 Å². The number of benzene rings is 2. The topological polar surface area (TPSA) is 122 Å². The normalized spacial score (nSPS) is 22.3. The Morgan fingerprint density at radius 3 is 2.74 bits per heavy atom. The van der Waals surface area contributed by atoms with Gasteiger partial charge in [0.15, 0.2) is 22.9 Å². The summed E-state index contributed by atoms with van der Waals surface area (Å²) >= 11 is 1.23. The minimum atomic E-state index is -1.12. The molecule has 9 nitrogen and oxygen atoms in total. The van der Waals surface area contributed by atoms with Crippen molar-refractivity contribution in [3.05, 3.63) is 73.3 Å². The predicted molar refractivity (Wildman–Crippen MR) is 128 cm³/mol. The van der Waals surface area contributed by atoms with E-state index in [9.17, 15) is 14.4 Å². The molecule has 180 valence electrons. The van der Waals surface area contributed by atoms with Crippen LogP contribution in [0.2, 0.25) is 0 Å². The highest BCUT2D eigenvalue weighted by molar-refractivity contribution is 7.07. The largest absolute Gasteiger partial charge is 0.493 e. The third-order valence-corrected chi connectivity index (χ3v) is 7.16. The van der Waals surface area contributed by atoms with Crippen LogP contribution in [-0.4, -0.2) is 35.7 Å².